The SMILES string of the molecule is O=C(c1cn(-c2cccc(Cl)c2)c2ncc(-c3ccc(F)cc3)cc12)c1cn(-c2cccc(Cl)c2)c2ncc(-c3ccc(F)cc3)cc12. The molecule has 9 heteroatoms. The zero-order valence-corrected chi connectivity index (χ0v) is 26.4. The van der Waals surface area contributed by atoms with Gasteiger partial charge in [0.1, 0.15) is 22.9 Å². The number of rotatable bonds is 6. The molecule has 4 aromatic heterocycles. The molecule has 0 N–H and O–H groups in total. The third-order valence-electron chi connectivity index (χ3n) is 8.30. The number of benzene rings is 4. The number of carbonyl (C=O) groups is 1. The molecule has 0 amide bonds. The quantitative estimate of drug-likeness (QED) is 0.165. The normalized spacial score (nSPS) is 11.4. The fourth-order valence-corrected chi connectivity index (χ4v) is 6.34. The lowest BCUT2D eigenvalue weighted by molar-refractivity contribution is 0.104. The lowest BCUT2D eigenvalue weighted by atomic mass is 10.00. The van der Waals surface area contributed by atoms with E-state index >= 15 is 0 Å². The Hall–Kier alpha value is -5.63. The molecule has 5 nitrogen and oxygen atoms in total. The first kappa shape index (κ1) is 29.8. The summed E-state index contributed by atoms with van der Waals surface area (Å²) in [4.78, 5) is 24.4. The van der Waals surface area contributed by atoms with Crippen LogP contribution in [0.3, 0.4) is 0 Å². The van der Waals surface area contributed by atoms with E-state index in [1.807, 2.05) is 45.5 Å². The third kappa shape index (κ3) is 5.33. The summed E-state index contributed by atoms with van der Waals surface area (Å²) in [5, 5.41) is 2.28. The maximum atomic E-state index is 14.8. The molecule has 0 radical (unpaired) electrons. The van der Waals surface area contributed by atoms with Crippen molar-refractivity contribution in [1.29, 1.82) is 0 Å². The third-order valence-corrected chi connectivity index (χ3v) is 8.77. The minimum Gasteiger partial charge on any atom is -0.301 e. The van der Waals surface area contributed by atoms with Crippen LogP contribution >= 0.6 is 23.2 Å². The van der Waals surface area contributed by atoms with E-state index in [9.17, 15) is 13.6 Å². The van der Waals surface area contributed by atoms with Gasteiger partial charge in [0, 0.05) is 68.1 Å². The van der Waals surface area contributed by atoms with Crippen molar-refractivity contribution in [3.8, 4) is 33.6 Å². The van der Waals surface area contributed by atoms with Crippen LogP contribution in [0.4, 0.5) is 8.78 Å². The molecule has 0 saturated carbocycles. The molecule has 0 saturated heterocycles. The number of ketones is 1. The molecule has 0 aliphatic heterocycles. The minimum absolute atomic E-state index is 0.261. The van der Waals surface area contributed by atoms with Crippen LogP contribution < -0.4 is 0 Å². The Bertz CT molecular complexity index is 2350. The van der Waals surface area contributed by atoms with Gasteiger partial charge in [-0.2, -0.15) is 0 Å². The molecule has 4 heterocycles. The summed E-state index contributed by atoms with van der Waals surface area (Å²) in [5.74, 6) is -0.955. The Balaban J connectivity index is 1.36. The van der Waals surface area contributed by atoms with Crippen molar-refractivity contribution in [3.05, 3.63) is 167 Å². The van der Waals surface area contributed by atoms with Crippen LogP contribution in [0.2, 0.25) is 10.0 Å². The maximum Gasteiger partial charge on any atom is 0.197 e. The molecule has 0 spiro atoms. The van der Waals surface area contributed by atoms with Crippen molar-refractivity contribution < 1.29 is 13.6 Å². The number of pyridine rings is 2. The molecular weight excluding hydrogens is 649 g/mol. The average Bonchev–Trinajstić information content (AvgIpc) is 3.67. The van der Waals surface area contributed by atoms with E-state index in [0.29, 0.717) is 43.2 Å². The van der Waals surface area contributed by atoms with E-state index in [4.69, 9.17) is 33.2 Å². The van der Waals surface area contributed by atoms with Crippen molar-refractivity contribution in [3.63, 3.8) is 0 Å². The summed E-state index contributed by atoms with van der Waals surface area (Å²) >= 11 is 12.7. The fourth-order valence-electron chi connectivity index (χ4n) is 5.97. The van der Waals surface area contributed by atoms with Crippen molar-refractivity contribution >= 4 is 51.1 Å². The highest BCUT2D eigenvalue weighted by atomic mass is 35.5. The van der Waals surface area contributed by atoms with Crippen LogP contribution in [-0.2, 0) is 0 Å². The predicted molar refractivity (Wildman–Crippen MR) is 186 cm³/mol. The summed E-state index contributed by atoms with van der Waals surface area (Å²) in [5.41, 5.74) is 6.33. The van der Waals surface area contributed by atoms with Crippen LogP contribution in [0.15, 0.2) is 134 Å². The average molecular weight is 672 g/mol. The summed E-state index contributed by atoms with van der Waals surface area (Å²) in [7, 11) is 0. The molecule has 4 aromatic carbocycles. The summed E-state index contributed by atoms with van der Waals surface area (Å²) in [6.07, 6.45) is 6.93. The molecule has 0 unspecified atom stereocenters. The first-order valence-electron chi connectivity index (χ1n) is 14.9. The topological polar surface area (TPSA) is 52.7 Å². The predicted octanol–water partition coefficient (Wildman–Crippen LogP) is 10.5. The van der Waals surface area contributed by atoms with E-state index in [1.165, 1.54) is 24.3 Å². The highest BCUT2D eigenvalue weighted by Crippen LogP contribution is 2.34. The highest BCUT2D eigenvalue weighted by molar-refractivity contribution is 6.31. The minimum atomic E-state index is -0.347. The number of nitrogens with zero attached hydrogens (tertiary/aromatic N) is 4. The van der Waals surface area contributed by atoms with Crippen LogP contribution in [0.5, 0.6) is 0 Å². The maximum absolute atomic E-state index is 14.8. The van der Waals surface area contributed by atoms with E-state index in [2.05, 4.69) is 0 Å². The van der Waals surface area contributed by atoms with Crippen LogP contribution in [-0.4, -0.2) is 24.9 Å². The van der Waals surface area contributed by atoms with Gasteiger partial charge in [0.25, 0.3) is 0 Å². The molecule has 0 bridgehead atoms. The van der Waals surface area contributed by atoms with Gasteiger partial charge in [-0.15, -0.1) is 0 Å². The molecule has 48 heavy (non-hydrogen) atoms. The zero-order chi connectivity index (χ0) is 32.9. The molecule has 0 fully saturated rings. The first-order valence-corrected chi connectivity index (χ1v) is 15.7. The molecule has 0 atom stereocenters. The number of carbonyl (C=O) groups excluding carboxylic acids is 1. The van der Waals surface area contributed by atoms with Gasteiger partial charge in [0.2, 0.25) is 0 Å². The lowest BCUT2D eigenvalue weighted by Crippen LogP contribution is -2.00. The van der Waals surface area contributed by atoms with Gasteiger partial charge < -0.3 is 9.13 Å². The van der Waals surface area contributed by atoms with Crippen LogP contribution in [0.1, 0.15) is 15.9 Å². The number of hydrogen-bond donors (Lipinski definition) is 0. The fraction of sp³-hybridized carbons (Fsp3) is 0. The van der Waals surface area contributed by atoms with Crippen molar-refractivity contribution in [2.75, 3.05) is 0 Å². The summed E-state index contributed by atoms with van der Waals surface area (Å²) in [6.45, 7) is 0. The first-order chi connectivity index (χ1) is 23.3. The Kier molecular flexibility index (Phi) is 7.36. The van der Waals surface area contributed by atoms with Crippen molar-refractivity contribution in [2.24, 2.45) is 0 Å². The summed E-state index contributed by atoms with van der Waals surface area (Å²) in [6, 6.07) is 30.6. The number of hydrogen-bond acceptors (Lipinski definition) is 3. The van der Waals surface area contributed by atoms with Gasteiger partial charge in [0.05, 0.1) is 11.1 Å². The number of fused-ring (bicyclic) bond motifs is 2. The molecule has 232 valence electrons. The molecule has 0 aliphatic rings. The van der Waals surface area contributed by atoms with Crippen LogP contribution in [0.25, 0.3) is 55.7 Å². The van der Waals surface area contributed by atoms with Crippen molar-refractivity contribution in [2.45, 2.75) is 0 Å². The zero-order valence-electron chi connectivity index (χ0n) is 24.9. The molecular formula is C39H22Cl2F2N4O. The van der Waals surface area contributed by atoms with Gasteiger partial charge in [-0.25, -0.2) is 18.7 Å². The van der Waals surface area contributed by atoms with Gasteiger partial charge >= 0.3 is 0 Å². The Morgan fingerprint density at radius 2 is 0.958 bits per heavy atom. The van der Waals surface area contributed by atoms with Gasteiger partial charge in [-0.3, -0.25) is 4.79 Å². The number of halogens is 4. The lowest BCUT2D eigenvalue weighted by Gasteiger charge is -2.06. The van der Waals surface area contributed by atoms with E-state index in [-0.39, 0.29) is 17.4 Å². The van der Waals surface area contributed by atoms with E-state index < -0.39 is 0 Å². The molecule has 0 aliphatic carbocycles. The molecule has 8 aromatic rings. The highest BCUT2D eigenvalue weighted by Gasteiger charge is 2.24. The van der Waals surface area contributed by atoms with E-state index in [1.54, 1.807) is 73.3 Å². The smallest absolute Gasteiger partial charge is 0.197 e. The standard InChI is InChI=1S/C39H22Cl2F2N4O/c40-27-3-1-5-31(17-27)46-21-35(33-15-25(19-44-38(33)46)23-7-11-29(42)12-8-23)37(48)36-22-47(32-6-2-4-28(41)18-32)39-34(36)16-26(20-45-39)24-9-13-30(43)14-10-24/h1-22H. The largest absolute Gasteiger partial charge is 0.301 e. The van der Waals surface area contributed by atoms with Crippen LogP contribution in [0, 0.1) is 11.6 Å². The monoisotopic (exact) mass is 670 g/mol. The van der Waals surface area contributed by atoms with Gasteiger partial charge in [-0.1, -0.05) is 59.6 Å². The van der Waals surface area contributed by atoms with Crippen molar-refractivity contribution in [1.82, 2.24) is 19.1 Å². The second kappa shape index (κ2) is 11.9. The Labute approximate surface area is 283 Å². The second-order valence-electron chi connectivity index (χ2n) is 11.3. The Morgan fingerprint density at radius 3 is 1.35 bits per heavy atom. The van der Waals surface area contributed by atoms with Gasteiger partial charge in [0.15, 0.2) is 5.78 Å². The number of aromatic nitrogens is 4. The second-order valence-corrected chi connectivity index (χ2v) is 12.2. The Morgan fingerprint density at radius 1 is 0.542 bits per heavy atom. The van der Waals surface area contributed by atoms with E-state index in [0.717, 1.165) is 33.6 Å². The summed E-state index contributed by atoms with van der Waals surface area (Å²) < 4.78 is 31.2. The molecule has 8 rings (SSSR count). The van der Waals surface area contributed by atoms with Gasteiger partial charge in [-0.05, 0) is 83.9 Å².